The SMILES string of the molecule is CC(C)c1ccc(S(=O)(=O)[C@H]2C(=O)N[C@]3(C)C[C@H]2c2cc(Br)ccc2O3)cc1. The van der Waals surface area contributed by atoms with Crippen molar-refractivity contribution in [2.45, 2.75) is 54.9 Å². The van der Waals surface area contributed by atoms with Crippen LogP contribution >= 0.6 is 15.9 Å². The predicted molar refractivity (Wildman–Crippen MR) is 110 cm³/mol. The maximum Gasteiger partial charge on any atom is 0.242 e. The molecule has 1 amide bonds. The lowest BCUT2D eigenvalue weighted by Crippen LogP contribution is -2.63. The molecule has 0 spiro atoms. The zero-order valence-corrected chi connectivity index (χ0v) is 18.3. The number of hydrogen-bond donors (Lipinski definition) is 1. The van der Waals surface area contributed by atoms with Crippen molar-refractivity contribution < 1.29 is 17.9 Å². The summed E-state index contributed by atoms with van der Waals surface area (Å²) in [6, 6.07) is 12.3. The van der Waals surface area contributed by atoms with E-state index in [1.54, 1.807) is 19.1 Å². The maximum atomic E-state index is 13.5. The van der Waals surface area contributed by atoms with Crippen LogP contribution in [-0.2, 0) is 14.6 Å². The maximum absolute atomic E-state index is 13.5. The first-order chi connectivity index (χ1) is 13.1. The molecule has 2 bridgehead atoms. The standard InChI is InChI=1S/C21H22BrNO4S/c1-12(2)13-4-7-15(8-5-13)28(25,26)19-17-11-21(3,23-20(19)24)27-18-9-6-14(22)10-16(17)18/h4-10,12,17,19H,11H2,1-3H3,(H,23,24)/t17-,19+,21-/m0/s1. The number of nitrogens with one attached hydrogen (secondary N) is 1. The van der Waals surface area contributed by atoms with Crippen molar-refractivity contribution in [2.75, 3.05) is 0 Å². The van der Waals surface area contributed by atoms with Gasteiger partial charge in [-0.2, -0.15) is 0 Å². The van der Waals surface area contributed by atoms with Crippen molar-refractivity contribution >= 4 is 31.7 Å². The van der Waals surface area contributed by atoms with Crippen molar-refractivity contribution in [1.29, 1.82) is 0 Å². The Hall–Kier alpha value is -1.86. The number of halogens is 1. The van der Waals surface area contributed by atoms with E-state index in [0.29, 0.717) is 18.1 Å². The molecule has 148 valence electrons. The molecule has 2 aliphatic heterocycles. The van der Waals surface area contributed by atoms with Gasteiger partial charge < -0.3 is 10.1 Å². The number of hydrogen-bond acceptors (Lipinski definition) is 4. The van der Waals surface area contributed by atoms with Gasteiger partial charge in [-0.1, -0.05) is 41.9 Å². The van der Waals surface area contributed by atoms with Crippen LogP contribution in [0.15, 0.2) is 51.8 Å². The van der Waals surface area contributed by atoms with Crippen LogP contribution in [0, 0.1) is 0 Å². The van der Waals surface area contributed by atoms with Crippen molar-refractivity contribution in [3.05, 3.63) is 58.1 Å². The number of amides is 1. The molecule has 1 fully saturated rings. The fraction of sp³-hybridized carbons (Fsp3) is 0.381. The minimum Gasteiger partial charge on any atom is -0.468 e. The third kappa shape index (κ3) is 3.14. The normalized spacial score (nSPS) is 26.4. The first kappa shape index (κ1) is 19.5. The Morgan fingerprint density at radius 3 is 2.50 bits per heavy atom. The molecule has 0 aliphatic carbocycles. The minimum absolute atomic E-state index is 0.170. The minimum atomic E-state index is -3.87. The molecule has 0 radical (unpaired) electrons. The quantitative estimate of drug-likeness (QED) is 0.742. The Morgan fingerprint density at radius 2 is 1.86 bits per heavy atom. The molecular weight excluding hydrogens is 442 g/mol. The number of benzene rings is 2. The van der Waals surface area contributed by atoms with Gasteiger partial charge in [0, 0.05) is 22.4 Å². The van der Waals surface area contributed by atoms with Gasteiger partial charge in [0.25, 0.3) is 0 Å². The van der Waals surface area contributed by atoms with E-state index >= 15 is 0 Å². The fourth-order valence-corrected chi connectivity index (χ4v) is 6.33. The average Bonchev–Trinajstić information content (AvgIpc) is 2.61. The van der Waals surface area contributed by atoms with Gasteiger partial charge in [-0.15, -0.1) is 0 Å². The van der Waals surface area contributed by atoms with E-state index in [9.17, 15) is 13.2 Å². The second kappa shape index (κ2) is 6.59. The summed E-state index contributed by atoms with van der Waals surface area (Å²) in [5.41, 5.74) is 0.893. The molecule has 2 aliphatic rings. The van der Waals surface area contributed by atoms with Crippen LogP contribution in [0.5, 0.6) is 5.75 Å². The number of piperidine rings is 1. The van der Waals surface area contributed by atoms with E-state index < -0.39 is 32.6 Å². The first-order valence-electron chi connectivity index (χ1n) is 9.25. The van der Waals surface area contributed by atoms with E-state index in [0.717, 1.165) is 15.6 Å². The summed E-state index contributed by atoms with van der Waals surface area (Å²) in [7, 11) is -3.87. The lowest BCUT2D eigenvalue weighted by atomic mass is 9.81. The van der Waals surface area contributed by atoms with Crippen LogP contribution in [-0.4, -0.2) is 25.3 Å². The number of carbonyl (C=O) groups excluding carboxylic acids is 1. The van der Waals surface area contributed by atoms with Crippen molar-refractivity contribution in [3.63, 3.8) is 0 Å². The molecule has 0 aromatic heterocycles. The Morgan fingerprint density at radius 1 is 1.18 bits per heavy atom. The highest BCUT2D eigenvalue weighted by Crippen LogP contribution is 2.47. The summed E-state index contributed by atoms with van der Waals surface area (Å²) in [6.07, 6.45) is 0.399. The molecule has 3 atom stereocenters. The molecule has 1 N–H and O–H groups in total. The smallest absolute Gasteiger partial charge is 0.242 e. The third-order valence-electron chi connectivity index (χ3n) is 5.54. The van der Waals surface area contributed by atoms with Crippen LogP contribution in [0.3, 0.4) is 0 Å². The highest BCUT2D eigenvalue weighted by atomic mass is 79.9. The lowest BCUT2D eigenvalue weighted by molar-refractivity contribution is -0.132. The van der Waals surface area contributed by atoms with Gasteiger partial charge in [-0.3, -0.25) is 4.79 Å². The van der Waals surface area contributed by atoms with Gasteiger partial charge in [0.1, 0.15) is 5.75 Å². The Bertz CT molecular complexity index is 1050. The second-order valence-corrected chi connectivity index (χ2v) is 11.0. The average molecular weight is 464 g/mol. The lowest BCUT2D eigenvalue weighted by Gasteiger charge is -2.46. The van der Waals surface area contributed by atoms with Crippen LogP contribution in [0.25, 0.3) is 0 Å². The van der Waals surface area contributed by atoms with Gasteiger partial charge in [-0.05, 0) is 48.7 Å². The first-order valence-corrected chi connectivity index (χ1v) is 11.6. The highest BCUT2D eigenvalue weighted by molar-refractivity contribution is 9.10. The zero-order valence-electron chi connectivity index (χ0n) is 15.9. The Kier molecular flexibility index (Phi) is 4.58. The molecule has 7 heteroatoms. The molecular formula is C21H22BrNO4S. The van der Waals surface area contributed by atoms with E-state index in [-0.39, 0.29) is 4.90 Å². The third-order valence-corrected chi connectivity index (χ3v) is 8.17. The van der Waals surface area contributed by atoms with Crippen molar-refractivity contribution in [3.8, 4) is 5.75 Å². The Labute approximate surface area is 173 Å². The molecule has 2 heterocycles. The number of sulfone groups is 1. The molecule has 2 aromatic rings. The Balaban J connectivity index is 1.81. The number of rotatable bonds is 3. The molecule has 1 saturated heterocycles. The van der Waals surface area contributed by atoms with E-state index in [2.05, 4.69) is 35.1 Å². The van der Waals surface area contributed by atoms with Gasteiger partial charge in [0.15, 0.2) is 20.8 Å². The van der Waals surface area contributed by atoms with Crippen LogP contribution in [0.4, 0.5) is 0 Å². The molecule has 5 nitrogen and oxygen atoms in total. The summed E-state index contributed by atoms with van der Waals surface area (Å²) in [4.78, 5) is 13.1. The van der Waals surface area contributed by atoms with Gasteiger partial charge in [0.2, 0.25) is 5.91 Å². The highest BCUT2D eigenvalue weighted by Gasteiger charge is 2.54. The molecule has 0 unspecified atom stereocenters. The zero-order chi connectivity index (χ0) is 20.3. The number of carbonyl (C=O) groups is 1. The molecule has 2 aromatic carbocycles. The van der Waals surface area contributed by atoms with E-state index in [1.165, 1.54) is 0 Å². The summed E-state index contributed by atoms with van der Waals surface area (Å²) in [6.45, 7) is 5.88. The van der Waals surface area contributed by atoms with Gasteiger partial charge in [0.05, 0.1) is 4.90 Å². The number of fused-ring (bicyclic) bond motifs is 4. The van der Waals surface area contributed by atoms with Gasteiger partial charge >= 0.3 is 0 Å². The summed E-state index contributed by atoms with van der Waals surface area (Å²) < 4.78 is 33.7. The van der Waals surface area contributed by atoms with E-state index in [4.69, 9.17) is 4.74 Å². The molecule has 28 heavy (non-hydrogen) atoms. The predicted octanol–water partition coefficient (Wildman–Crippen LogP) is 4.13. The number of ether oxygens (including phenoxy) is 1. The summed E-state index contributed by atoms with van der Waals surface area (Å²) in [5.74, 6) is -0.0837. The van der Waals surface area contributed by atoms with Crippen molar-refractivity contribution in [2.24, 2.45) is 0 Å². The van der Waals surface area contributed by atoms with Crippen molar-refractivity contribution in [1.82, 2.24) is 5.32 Å². The van der Waals surface area contributed by atoms with Crippen LogP contribution in [0.2, 0.25) is 0 Å². The summed E-state index contributed by atoms with van der Waals surface area (Å²) in [5, 5.41) is 1.59. The van der Waals surface area contributed by atoms with Gasteiger partial charge in [-0.25, -0.2) is 8.42 Å². The monoisotopic (exact) mass is 463 g/mol. The van der Waals surface area contributed by atoms with Crippen LogP contribution in [0.1, 0.15) is 50.2 Å². The fourth-order valence-electron chi connectivity index (χ4n) is 4.12. The second-order valence-electron chi connectivity index (χ2n) is 8.00. The summed E-state index contributed by atoms with van der Waals surface area (Å²) >= 11 is 3.44. The largest absolute Gasteiger partial charge is 0.468 e. The molecule has 4 rings (SSSR count). The topological polar surface area (TPSA) is 72.5 Å². The molecule has 0 saturated carbocycles. The van der Waals surface area contributed by atoms with E-state index in [1.807, 2.05) is 30.3 Å². The van der Waals surface area contributed by atoms with Crippen LogP contribution < -0.4 is 10.1 Å².